The van der Waals surface area contributed by atoms with E-state index in [0.717, 1.165) is 25.7 Å². The molecule has 0 spiro atoms. The molecule has 7 nitrogen and oxygen atoms in total. The maximum Gasteiger partial charge on any atom is 0.336 e. The van der Waals surface area contributed by atoms with E-state index in [4.69, 9.17) is 14.9 Å². The molecule has 116 valence electrons. The van der Waals surface area contributed by atoms with E-state index in [1.807, 2.05) is 0 Å². The van der Waals surface area contributed by atoms with E-state index >= 15 is 0 Å². The fourth-order valence-corrected chi connectivity index (χ4v) is 1.65. The molecule has 1 unspecified atom stereocenters. The van der Waals surface area contributed by atoms with Crippen LogP contribution in [0.4, 0.5) is 0 Å². The van der Waals surface area contributed by atoms with Crippen molar-refractivity contribution in [2.75, 3.05) is 6.61 Å². The number of ether oxygens (including phenoxy) is 1. The Balaban J connectivity index is 4.08. The fourth-order valence-electron chi connectivity index (χ4n) is 1.65. The molecule has 1 atom stereocenters. The molecule has 0 saturated carbocycles. The highest BCUT2D eigenvalue weighted by atomic mass is 16.5. The lowest BCUT2D eigenvalue weighted by Crippen LogP contribution is -2.43. The van der Waals surface area contributed by atoms with E-state index in [1.54, 1.807) is 0 Å². The number of aliphatic carboxylic acids is 2. The van der Waals surface area contributed by atoms with Gasteiger partial charge in [-0.05, 0) is 6.42 Å². The van der Waals surface area contributed by atoms with Crippen molar-refractivity contribution in [1.82, 2.24) is 0 Å². The van der Waals surface area contributed by atoms with Crippen molar-refractivity contribution >= 4 is 17.9 Å². The lowest BCUT2D eigenvalue weighted by molar-refractivity contribution is -0.172. The second-order valence-corrected chi connectivity index (χ2v) is 4.72. The number of aliphatic hydroxyl groups is 1. The Morgan fingerprint density at radius 3 is 2.10 bits per heavy atom. The van der Waals surface area contributed by atoms with E-state index in [9.17, 15) is 19.5 Å². The number of carboxylic acids is 2. The van der Waals surface area contributed by atoms with Gasteiger partial charge >= 0.3 is 17.9 Å². The summed E-state index contributed by atoms with van der Waals surface area (Å²) in [6.07, 6.45) is 2.88. The first-order valence-electron chi connectivity index (χ1n) is 6.65. The maximum absolute atomic E-state index is 11.4. The summed E-state index contributed by atoms with van der Waals surface area (Å²) in [5.41, 5.74) is -2.62. The predicted octanol–water partition coefficient (Wildman–Crippen LogP) is 1.18. The summed E-state index contributed by atoms with van der Waals surface area (Å²) >= 11 is 0. The molecule has 0 fully saturated rings. The zero-order chi connectivity index (χ0) is 15.6. The number of carboxylic acid groups (broad SMARTS) is 2. The van der Waals surface area contributed by atoms with Crippen LogP contribution in [0, 0.1) is 0 Å². The van der Waals surface area contributed by atoms with Gasteiger partial charge in [0.1, 0.15) is 0 Å². The monoisotopic (exact) mass is 290 g/mol. The molecule has 0 saturated heterocycles. The Hall–Kier alpha value is -1.63. The van der Waals surface area contributed by atoms with Gasteiger partial charge in [0, 0.05) is 0 Å². The second kappa shape index (κ2) is 9.30. The standard InChI is InChI=1S/C13H22O7/c1-2-3-4-5-6-7-20-11(16)9-13(19,12(17)18)8-10(14)15/h19H,2-9H2,1H3,(H,14,15)(H,17,18). The van der Waals surface area contributed by atoms with Gasteiger partial charge in [-0.15, -0.1) is 0 Å². The molecular formula is C13H22O7. The van der Waals surface area contributed by atoms with Gasteiger partial charge in [-0.1, -0.05) is 32.6 Å². The predicted molar refractivity (Wildman–Crippen MR) is 69.2 cm³/mol. The lowest BCUT2D eigenvalue weighted by atomic mass is 9.96. The maximum atomic E-state index is 11.4. The Kier molecular flexibility index (Phi) is 8.54. The second-order valence-electron chi connectivity index (χ2n) is 4.72. The number of unbranched alkanes of at least 4 members (excludes halogenated alkanes) is 4. The fraction of sp³-hybridized carbons (Fsp3) is 0.769. The van der Waals surface area contributed by atoms with Gasteiger partial charge in [0.2, 0.25) is 0 Å². The summed E-state index contributed by atoms with van der Waals surface area (Å²) in [5, 5.41) is 26.9. The first kappa shape index (κ1) is 18.4. The highest BCUT2D eigenvalue weighted by molar-refractivity contribution is 5.88. The van der Waals surface area contributed by atoms with Crippen LogP contribution in [0.25, 0.3) is 0 Å². The van der Waals surface area contributed by atoms with E-state index < -0.39 is 36.4 Å². The van der Waals surface area contributed by atoms with Crippen LogP contribution in [0.3, 0.4) is 0 Å². The van der Waals surface area contributed by atoms with Crippen LogP contribution in [0.15, 0.2) is 0 Å². The summed E-state index contributed by atoms with van der Waals surface area (Å²) in [6, 6.07) is 0. The van der Waals surface area contributed by atoms with Crippen molar-refractivity contribution in [3.05, 3.63) is 0 Å². The SMILES string of the molecule is CCCCCCCOC(=O)CC(O)(CC(=O)O)C(=O)O. The van der Waals surface area contributed by atoms with E-state index in [-0.39, 0.29) is 6.61 Å². The molecule has 0 aliphatic carbocycles. The number of hydrogen-bond donors (Lipinski definition) is 3. The summed E-state index contributed by atoms with van der Waals surface area (Å²) in [7, 11) is 0. The molecule has 0 aromatic rings. The molecule has 0 aliphatic rings. The molecule has 0 aromatic carbocycles. The first-order valence-corrected chi connectivity index (χ1v) is 6.65. The van der Waals surface area contributed by atoms with E-state index in [1.165, 1.54) is 0 Å². The molecule has 20 heavy (non-hydrogen) atoms. The van der Waals surface area contributed by atoms with E-state index in [0.29, 0.717) is 6.42 Å². The Morgan fingerprint density at radius 1 is 1.00 bits per heavy atom. The number of rotatable bonds is 11. The molecule has 0 aromatic heterocycles. The topological polar surface area (TPSA) is 121 Å². The number of carbonyl (C=O) groups excluding carboxylic acids is 1. The molecule has 7 heteroatoms. The van der Waals surface area contributed by atoms with Crippen LogP contribution < -0.4 is 0 Å². The van der Waals surface area contributed by atoms with Gasteiger partial charge in [-0.25, -0.2) is 4.79 Å². The van der Waals surface area contributed by atoms with Crippen LogP contribution in [0.1, 0.15) is 51.9 Å². The van der Waals surface area contributed by atoms with E-state index in [2.05, 4.69) is 6.92 Å². The van der Waals surface area contributed by atoms with Gasteiger partial charge in [0.15, 0.2) is 5.60 Å². The first-order chi connectivity index (χ1) is 9.31. The smallest absolute Gasteiger partial charge is 0.336 e. The third-order valence-electron chi connectivity index (χ3n) is 2.79. The highest BCUT2D eigenvalue weighted by Crippen LogP contribution is 2.17. The number of carbonyl (C=O) groups is 3. The quantitative estimate of drug-likeness (QED) is 0.386. The van der Waals surface area contributed by atoms with Crippen molar-refractivity contribution in [2.24, 2.45) is 0 Å². The van der Waals surface area contributed by atoms with Crippen LogP contribution in [-0.4, -0.2) is 45.4 Å². The average molecular weight is 290 g/mol. The Morgan fingerprint density at radius 2 is 1.60 bits per heavy atom. The summed E-state index contributed by atoms with van der Waals surface area (Å²) in [5.74, 6) is -4.16. The third-order valence-corrected chi connectivity index (χ3v) is 2.79. The van der Waals surface area contributed by atoms with Gasteiger partial charge in [0.25, 0.3) is 0 Å². The van der Waals surface area contributed by atoms with Crippen molar-refractivity contribution < 1.29 is 34.4 Å². The average Bonchev–Trinajstić information content (AvgIpc) is 2.32. The lowest BCUT2D eigenvalue weighted by Gasteiger charge is -2.20. The van der Waals surface area contributed by atoms with Crippen molar-refractivity contribution in [2.45, 2.75) is 57.5 Å². The molecule has 0 amide bonds. The minimum absolute atomic E-state index is 0.144. The number of hydrogen-bond acceptors (Lipinski definition) is 5. The van der Waals surface area contributed by atoms with Crippen LogP contribution in [-0.2, 0) is 19.1 Å². The van der Waals surface area contributed by atoms with Gasteiger partial charge in [0.05, 0.1) is 19.4 Å². The summed E-state index contributed by atoms with van der Waals surface area (Å²) in [6.45, 7) is 2.22. The third kappa shape index (κ3) is 7.73. The zero-order valence-corrected chi connectivity index (χ0v) is 11.6. The van der Waals surface area contributed by atoms with Crippen LogP contribution in [0.2, 0.25) is 0 Å². The molecule has 0 aliphatic heterocycles. The van der Waals surface area contributed by atoms with Gasteiger partial charge in [-0.3, -0.25) is 9.59 Å². The van der Waals surface area contributed by atoms with Gasteiger partial charge in [-0.2, -0.15) is 0 Å². The van der Waals surface area contributed by atoms with Crippen LogP contribution >= 0.6 is 0 Å². The molecule has 0 rings (SSSR count). The minimum atomic E-state index is -2.62. The van der Waals surface area contributed by atoms with Gasteiger partial charge < -0.3 is 20.1 Å². The summed E-state index contributed by atoms with van der Waals surface area (Å²) < 4.78 is 4.79. The van der Waals surface area contributed by atoms with Crippen molar-refractivity contribution in [3.63, 3.8) is 0 Å². The zero-order valence-electron chi connectivity index (χ0n) is 11.6. The van der Waals surface area contributed by atoms with Crippen molar-refractivity contribution in [3.8, 4) is 0 Å². The number of esters is 1. The molecule has 0 bridgehead atoms. The minimum Gasteiger partial charge on any atom is -0.481 e. The Labute approximate surface area is 117 Å². The van der Waals surface area contributed by atoms with Crippen LogP contribution in [0.5, 0.6) is 0 Å². The normalized spacial score (nSPS) is 13.5. The molecule has 0 heterocycles. The highest BCUT2D eigenvalue weighted by Gasteiger charge is 2.41. The summed E-state index contributed by atoms with van der Waals surface area (Å²) in [4.78, 5) is 32.7. The Bertz CT molecular complexity index is 340. The largest absolute Gasteiger partial charge is 0.481 e. The molecule has 0 radical (unpaired) electrons. The molecule has 3 N–H and O–H groups in total. The van der Waals surface area contributed by atoms with Crippen molar-refractivity contribution in [1.29, 1.82) is 0 Å². The molecular weight excluding hydrogens is 268 g/mol.